The summed E-state index contributed by atoms with van der Waals surface area (Å²) in [6.45, 7) is 5.31. The van der Waals surface area contributed by atoms with Crippen LogP contribution in [0.4, 0.5) is 0 Å². The highest BCUT2D eigenvalue weighted by atomic mass is 16.2. The average molecular weight is 334 g/mol. The van der Waals surface area contributed by atoms with Crippen molar-refractivity contribution < 1.29 is 19.2 Å². The Kier molecular flexibility index (Phi) is 8.68. The molecule has 132 valence electrons. The molecular formula is C18H26N2O4. The molecule has 0 aromatic rings. The molecule has 0 spiro atoms. The highest BCUT2D eigenvalue weighted by Gasteiger charge is 2.22. The van der Waals surface area contributed by atoms with Crippen molar-refractivity contribution in [1.82, 2.24) is 9.80 Å². The Hall–Kier alpha value is -2.24. The van der Waals surface area contributed by atoms with Crippen LogP contribution in [-0.4, -0.2) is 46.5 Å². The molecule has 6 heteroatoms. The van der Waals surface area contributed by atoms with Crippen LogP contribution in [0.15, 0.2) is 24.3 Å². The summed E-state index contributed by atoms with van der Waals surface area (Å²) in [4.78, 5) is 46.6. The second-order valence-corrected chi connectivity index (χ2v) is 5.74. The Balaban J connectivity index is 0.000000240. The van der Waals surface area contributed by atoms with Crippen LogP contribution in [-0.2, 0) is 19.2 Å². The van der Waals surface area contributed by atoms with Crippen LogP contribution in [0.3, 0.4) is 0 Å². The molecule has 2 aliphatic rings. The summed E-state index contributed by atoms with van der Waals surface area (Å²) < 4.78 is 0. The molecule has 0 bridgehead atoms. The first kappa shape index (κ1) is 19.8. The quantitative estimate of drug-likeness (QED) is 0.504. The second kappa shape index (κ2) is 10.5. The molecule has 0 aliphatic carbocycles. The fourth-order valence-electron chi connectivity index (χ4n) is 2.34. The van der Waals surface area contributed by atoms with Crippen molar-refractivity contribution in [2.75, 3.05) is 13.1 Å². The van der Waals surface area contributed by atoms with Gasteiger partial charge in [0.1, 0.15) is 0 Å². The fourth-order valence-corrected chi connectivity index (χ4v) is 2.34. The van der Waals surface area contributed by atoms with Crippen LogP contribution in [0.2, 0.25) is 0 Å². The minimum Gasteiger partial charge on any atom is -0.275 e. The maximum atomic E-state index is 11.0. The molecule has 2 aliphatic heterocycles. The molecule has 0 N–H and O–H groups in total. The van der Waals surface area contributed by atoms with Gasteiger partial charge in [0.25, 0.3) is 23.6 Å². The number of hydrogen-bond donors (Lipinski definition) is 0. The van der Waals surface area contributed by atoms with Gasteiger partial charge in [-0.15, -0.1) is 0 Å². The first-order valence-electron chi connectivity index (χ1n) is 8.58. The molecular weight excluding hydrogens is 308 g/mol. The fraction of sp³-hybridized carbons (Fsp3) is 0.556. The van der Waals surface area contributed by atoms with E-state index in [-0.39, 0.29) is 23.6 Å². The van der Waals surface area contributed by atoms with E-state index < -0.39 is 0 Å². The smallest absolute Gasteiger partial charge is 0.253 e. The van der Waals surface area contributed by atoms with Gasteiger partial charge in [-0.3, -0.25) is 29.0 Å². The minimum absolute atomic E-state index is 0.170. The van der Waals surface area contributed by atoms with Crippen LogP contribution in [0.1, 0.15) is 52.4 Å². The highest BCUT2D eigenvalue weighted by molar-refractivity contribution is 6.13. The van der Waals surface area contributed by atoms with E-state index in [2.05, 4.69) is 13.8 Å². The standard InChI is InChI=1S/2C9H13NO2/c2*1-2-3-4-7-10-8(11)5-6-9(10)12/h2*5-6H,2-4,7H2,1H3. The van der Waals surface area contributed by atoms with E-state index in [9.17, 15) is 19.2 Å². The summed E-state index contributed by atoms with van der Waals surface area (Å²) in [5.74, 6) is -0.681. The van der Waals surface area contributed by atoms with Crippen molar-refractivity contribution in [2.24, 2.45) is 0 Å². The van der Waals surface area contributed by atoms with E-state index >= 15 is 0 Å². The lowest BCUT2D eigenvalue weighted by Gasteiger charge is -2.12. The SMILES string of the molecule is CCCCCN1C(=O)C=CC1=O.CCCCCN1C(=O)C=CC1=O. The largest absolute Gasteiger partial charge is 0.275 e. The molecule has 0 aromatic heterocycles. The first-order chi connectivity index (χ1) is 11.5. The third-order valence-corrected chi connectivity index (χ3v) is 3.77. The predicted molar refractivity (Wildman–Crippen MR) is 90.8 cm³/mol. The van der Waals surface area contributed by atoms with Gasteiger partial charge < -0.3 is 0 Å². The number of imide groups is 2. The molecule has 2 heterocycles. The van der Waals surface area contributed by atoms with Crippen molar-refractivity contribution in [2.45, 2.75) is 52.4 Å². The summed E-state index contributed by atoms with van der Waals surface area (Å²) >= 11 is 0. The molecule has 0 atom stereocenters. The molecule has 24 heavy (non-hydrogen) atoms. The van der Waals surface area contributed by atoms with E-state index in [1.807, 2.05) is 0 Å². The van der Waals surface area contributed by atoms with E-state index in [1.165, 1.54) is 34.1 Å². The van der Waals surface area contributed by atoms with Gasteiger partial charge in [0.05, 0.1) is 0 Å². The zero-order valence-electron chi connectivity index (χ0n) is 14.5. The first-order valence-corrected chi connectivity index (χ1v) is 8.58. The summed E-state index contributed by atoms with van der Waals surface area (Å²) in [6.07, 6.45) is 11.5. The monoisotopic (exact) mass is 334 g/mol. The Bertz CT molecular complexity index is 453. The van der Waals surface area contributed by atoms with Crippen LogP contribution in [0, 0.1) is 0 Å². The summed E-state index contributed by atoms with van der Waals surface area (Å²) in [6, 6.07) is 0. The van der Waals surface area contributed by atoms with Crippen molar-refractivity contribution in [3.8, 4) is 0 Å². The lowest BCUT2D eigenvalue weighted by Crippen LogP contribution is -2.30. The second-order valence-electron chi connectivity index (χ2n) is 5.74. The lowest BCUT2D eigenvalue weighted by molar-refractivity contribution is -0.138. The zero-order chi connectivity index (χ0) is 17.9. The van der Waals surface area contributed by atoms with Crippen molar-refractivity contribution in [1.29, 1.82) is 0 Å². The van der Waals surface area contributed by atoms with Gasteiger partial charge in [-0.1, -0.05) is 39.5 Å². The van der Waals surface area contributed by atoms with E-state index in [1.54, 1.807) is 0 Å². The van der Waals surface area contributed by atoms with Crippen LogP contribution >= 0.6 is 0 Å². The summed E-state index contributed by atoms with van der Waals surface area (Å²) in [5.41, 5.74) is 0. The number of unbranched alkanes of at least 4 members (excludes halogenated alkanes) is 4. The predicted octanol–water partition coefficient (Wildman–Crippen LogP) is 2.20. The molecule has 0 saturated heterocycles. The van der Waals surface area contributed by atoms with Crippen molar-refractivity contribution >= 4 is 23.6 Å². The van der Waals surface area contributed by atoms with Crippen LogP contribution in [0.5, 0.6) is 0 Å². The molecule has 0 fully saturated rings. The lowest BCUT2D eigenvalue weighted by atomic mass is 10.2. The third kappa shape index (κ3) is 6.10. The highest BCUT2D eigenvalue weighted by Crippen LogP contribution is 2.06. The third-order valence-electron chi connectivity index (χ3n) is 3.77. The van der Waals surface area contributed by atoms with E-state index in [0.717, 1.165) is 38.5 Å². The van der Waals surface area contributed by atoms with Gasteiger partial charge in [0.15, 0.2) is 0 Å². The maximum Gasteiger partial charge on any atom is 0.253 e. The van der Waals surface area contributed by atoms with Crippen molar-refractivity contribution in [3.05, 3.63) is 24.3 Å². The molecule has 2 rings (SSSR count). The van der Waals surface area contributed by atoms with Crippen molar-refractivity contribution in [3.63, 3.8) is 0 Å². The summed E-state index contributed by atoms with van der Waals surface area (Å²) in [7, 11) is 0. The van der Waals surface area contributed by atoms with Gasteiger partial charge in [-0.2, -0.15) is 0 Å². The molecule has 0 aromatic carbocycles. The van der Waals surface area contributed by atoms with Crippen LogP contribution < -0.4 is 0 Å². The number of carbonyl (C=O) groups excluding carboxylic acids is 4. The molecule has 6 nitrogen and oxygen atoms in total. The minimum atomic E-state index is -0.170. The van der Waals surface area contributed by atoms with Gasteiger partial charge in [-0.25, -0.2) is 0 Å². The average Bonchev–Trinajstić information content (AvgIpc) is 3.05. The Morgan fingerprint density at radius 1 is 0.583 bits per heavy atom. The number of amides is 4. The molecule has 0 saturated carbocycles. The Morgan fingerprint density at radius 2 is 0.875 bits per heavy atom. The van der Waals surface area contributed by atoms with Gasteiger partial charge in [0, 0.05) is 37.4 Å². The summed E-state index contributed by atoms with van der Waals surface area (Å²) in [5, 5.41) is 0. The van der Waals surface area contributed by atoms with E-state index in [0.29, 0.717) is 13.1 Å². The molecule has 4 amide bonds. The Labute approximate surface area is 143 Å². The normalized spacial score (nSPS) is 16.2. The number of carbonyl (C=O) groups is 4. The topological polar surface area (TPSA) is 74.8 Å². The Morgan fingerprint density at radius 3 is 1.12 bits per heavy atom. The molecule has 0 unspecified atom stereocenters. The van der Waals surface area contributed by atoms with Gasteiger partial charge in [-0.05, 0) is 12.8 Å². The van der Waals surface area contributed by atoms with Gasteiger partial charge in [0.2, 0.25) is 0 Å². The maximum absolute atomic E-state index is 11.0. The molecule has 0 radical (unpaired) electrons. The van der Waals surface area contributed by atoms with Gasteiger partial charge >= 0.3 is 0 Å². The number of rotatable bonds is 8. The number of hydrogen-bond acceptors (Lipinski definition) is 4. The zero-order valence-corrected chi connectivity index (χ0v) is 14.5. The number of nitrogens with zero attached hydrogens (tertiary/aromatic N) is 2. The van der Waals surface area contributed by atoms with Crippen LogP contribution in [0.25, 0.3) is 0 Å². The van der Waals surface area contributed by atoms with E-state index in [4.69, 9.17) is 0 Å².